The molecule has 1 amide bonds. The third-order valence-electron chi connectivity index (χ3n) is 4.46. The summed E-state index contributed by atoms with van der Waals surface area (Å²) in [5.41, 5.74) is 5.85. The third-order valence-corrected chi connectivity index (χ3v) is 4.46. The van der Waals surface area contributed by atoms with Gasteiger partial charge in [0.2, 0.25) is 0 Å². The Bertz CT molecular complexity index is 722. The van der Waals surface area contributed by atoms with Crippen LogP contribution in [0.5, 0.6) is 5.75 Å². The standard InChI is InChI=1S/C21H27NO2/c1-6-19(18-11-10-14(2)12-16(18)4)22-21(23)13-24-20-9-7-8-15(3)17(20)5/h7-12,19H,6,13H2,1-5H3,(H,22,23)/t19-/m0/s1. The first-order chi connectivity index (χ1) is 11.4. The number of carbonyl (C=O) groups excluding carboxylic acids is 1. The molecule has 3 heteroatoms. The summed E-state index contributed by atoms with van der Waals surface area (Å²) >= 11 is 0. The molecule has 0 unspecified atom stereocenters. The van der Waals surface area contributed by atoms with Crippen LogP contribution in [0.2, 0.25) is 0 Å². The highest BCUT2D eigenvalue weighted by Crippen LogP contribution is 2.22. The smallest absolute Gasteiger partial charge is 0.258 e. The van der Waals surface area contributed by atoms with Crippen molar-refractivity contribution in [2.45, 2.75) is 47.1 Å². The molecule has 0 spiro atoms. The topological polar surface area (TPSA) is 38.3 Å². The van der Waals surface area contributed by atoms with Crippen molar-refractivity contribution in [1.29, 1.82) is 0 Å². The monoisotopic (exact) mass is 325 g/mol. The summed E-state index contributed by atoms with van der Waals surface area (Å²) in [6.07, 6.45) is 0.846. The Morgan fingerprint density at radius 2 is 1.83 bits per heavy atom. The van der Waals surface area contributed by atoms with Crippen molar-refractivity contribution in [2.24, 2.45) is 0 Å². The van der Waals surface area contributed by atoms with E-state index < -0.39 is 0 Å². The van der Waals surface area contributed by atoms with Gasteiger partial charge in [-0.15, -0.1) is 0 Å². The first-order valence-electron chi connectivity index (χ1n) is 8.48. The van der Waals surface area contributed by atoms with Crippen LogP contribution >= 0.6 is 0 Å². The fraction of sp³-hybridized carbons (Fsp3) is 0.381. The Hall–Kier alpha value is -2.29. The number of ether oxygens (including phenoxy) is 1. The summed E-state index contributed by atoms with van der Waals surface area (Å²) in [6.45, 7) is 10.3. The molecule has 3 nitrogen and oxygen atoms in total. The number of nitrogens with one attached hydrogen (secondary N) is 1. The molecule has 0 fully saturated rings. The van der Waals surface area contributed by atoms with E-state index in [-0.39, 0.29) is 18.6 Å². The first-order valence-corrected chi connectivity index (χ1v) is 8.48. The lowest BCUT2D eigenvalue weighted by Crippen LogP contribution is -2.32. The molecule has 2 aromatic carbocycles. The zero-order valence-corrected chi connectivity index (χ0v) is 15.3. The third kappa shape index (κ3) is 4.38. The lowest BCUT2D eigenvalue weighted by atomic mass is 9.97. The van der Waals surface area contributed by atoms with Crippen LogP contribution < -0.4 is 10.1 Å². The Morgan fingerprint density at radius 3 is 2.50 bits per heavy atom. The predicted molar refractivity (Wildman–Crippen MR) is 98.5 cm³/mol. The van der Waals surface area contributed by atoms with Crippen LogP contribution in [0.15, 0.2) is 36.4 Å². The zero-order valence-electron chi connectivity index (χ0n) is 15.3. The van der Waals surface area contributed by atoms with Crippen molar-refractivity contribution in [2.75, 3.05) is 6.61 Å². The molecule has 0 aromatic heterocycles. The molecule has 1 atom stereocenters. The van der Waals surface area contributed by atoms with Crippen molar-refractivity contribution in [3.63, 3.8) is 0 Å². The molecule has 0 aliphatic carbocycles. The number of benzene rings is 2. The van der Waals surface area contributed by atoms with Gasteiger partial charge in [-0.3, -0.25) is 4.79 Å². The van der Waals surface area contributed by atoms with Gasteiger partial charge in [-0.05, 0) is 62.4 Å². The Labute approximate surface area is 145 Å². The van der Waals surface area contributed by atoms with Crippen LogP contribution in [-0.4, -0.2) is 12.5 Å². The average molecular weight is 325 g/mol. The second kappa shape index (κ2) is 8.00. The summed E-state index contributed by atoms with van der Waals surface area (Å²) in [7, 11) is 0. The quantitative estimate of drug-likeness (QED) is 0.845. The highest BCUT2D eigenvalue weighted by molar-refractivity contribution is 5.78. The minimum Gasteiger partial charge on any atom is -0.483 e. The van der Waals surface area contributed by atoms with Crippen LogP contribution in [0.25, 0.3) is 0 Å². The summed E-state index contributed by atoms with van der Waals surface area (Å²) < 4.78 is 5.70. The van der Waals surface area contributed by atoms with E-state index in [4.69, 9.17) is 4.74 Å². The van der Waals surface area contributed by atoms with Gasteiger partial charge in [-0.1, -0.05) is 42.8 Å². The molecule has 1 N–H and O–H groups in total. The maximum Gasteiger partial charge on any atom is 0.258 e. The molecule has 0 bridgehead atoms. The number of hydrogen-bond donors (Lipinski definition) is 1. The highest BCUT2D eigenvalue weighted by atomic mass is 16.5. The van der Waals surface area contributed by atoms with E-state index in [1.54, 1.807) is 0 Å². The molecule has 0 radical (unpaired) electrons. The van der Waals surface area contributed by atoms with Crippen molar-refractivity contribution in [3.8, 4) is 5.75 Å². The molecule has 0 aliphatic rings. The number of carbonyl (C=O) groups is 1. The largest absolute Gasteiger partial charge is 0.483 e. The van der Waals surface area contributed by atoms with Gasteiger partial charge < -0.3 is 10.1 Å². The number of amides is 1. The summed E-state index contributed by atoms with van der Waals surface area (Å²) in [5, 5.41) is 3.08. The van der Waals surface area contributed by atoms with Gasteiger partial charge in [0.1, 0.15) is 5.75 Å². The number of hydrogen-bond acceptors (Lipinski definition) is 2. The van der Waals surface area contributed by atoms with Crippen molar-refractivity contribution < 1.29 is 9.53 Å². The van der Waals surface area contributed by atoms with Crippen molar-refractivity contribution in [1.82, 2.24) is 5.32 Å². The second-order valence-electron chi connectivity index (χ2n) is 6.38. The zero-order chi connectivity index (χ0) is 17.7. The van der Waals surface area contributed by atoms with E-state index in [2.05, 4.69) is 44.3 Å². The lowest BCUT2D eigenvalue weighted by molar-refractivity contribution is -0.123. The molecule has 128 valence electrons. The normalized spacial score (nSPS) is 11.9. The van der Waals surface area contributed by atoms with Crippen LogP contribution in [-0.2, 0) is 4.79 Å². The van der Waals surface area contributed by atoms with Gasteiger partial charge in [-0.2, -0.15) is 0 Å². The molecule has 0 saturated carbocycles. The van der Waals surface area contributed by atoms with Gasteiger partial charge in [0.25, 0.3) is 5.91 Å². The fourth-order valence-electron chi connectivity index (χ4n) is 2.88. The summed E-state index contributed by atoms with van der Waals surface area (Å²) in [4.78, 5) is 12.3. The number of rotatable bonds is 6. The van der Waals surface area contributed by atoms with Crippen molar-refractivity contribution >= 4 is 5.91 Å². The van der Waals surface area contributed by atoms with Gasteiger partial charge >= 0.3 is 0 Å². The fourth-order valence-corrected chi connectivity index (χ4v) is 2.88. The molecular weight excluding hydrogens is 298 g/mol. The predicted octanol–water partition coefficient (Wildman–Crippen LogP) is 4.57. The molecule has 2 rings (SSSR count). The second-order valence-corrected chi connectivity index (χ2v) is 6.38. The Morgan fingerprint density at radius 1 is 1.08 bits per heavy atom. The van der Waals surface area contributed by atoms with E-state index in [1.807, 2.05) is 32.0 Å². The molecule has 2 aromatic rings. The van der Waals surface area contributed by atoms with E-state index in [1.165, 1.54) is 16.7 Å². The maximum absolute atomic E-state index is 12.3. The van der Waals surface area contributed by atoms with E-state index >= 15 is 0 Å². The molecule has 0 aliphatic heterocycles. The van der Waals surface area contributed by atoms with Gasteiger partial charge in [0, 0.05) is 0 Å². The first kappa shape index (κ1) is 18.1. The average Bonchev–Trinajstić information content (AvgIpc) is 2.54. The molecule has 0 saturated heterocycles. The van der Waals surface area contributed by atoms with E-state index in [0.29, 0.717) is 0 Å². The van der Waals surface area contributed by atoms with Crippen LogP contribution in [0.3, 0.4) is 0 Å². The Balaban J connectivity index is 2.00. The maximum atomic E-state index is 12.3. The molecular formula is C21H27NO2. The van der Waals surface area contributed by atoms with Crippen LogP contribution in [0.4, 0.5) is 0 Å². The van der Waals surface area contributed by atoms with Gasteiger partial charge in [0.15, 0.2) is 6.61 Å². The lowest BCUT2D eigenvalue weighted by Gasteiger charge is -2.20. The Kier molecular flexibility index (Phi) is 6.02. The van der Waals surface area contributed by atoms with Gasteiger partial charge in [0.05, 0.1) is 6.04 Å². The molecule has 24 heavy (non-hydrogen) atoms. The van der Waals surface area contributed by atoms with E-state index in [0.717, 1.165) is 23.3 Å². The highest BCUT2D eigenvalue weighted by Gasteiger charge is 2.15. The summed E-state index contributed by atoms with van der Waals surface area (Å²) in [5.74, 6) is 0.674. The summed E-state index contributed by atoms with van der Waals surface area (Å²) in [6, 6.07) is 12.2. The SMILES string of the molecule is CC[C@H](NC(=O)COc1cccc(C)c1C)c1ccc(C)cc1C. The van der Waals surface area contributed by atoms with Crippen LogP contribution in [0.1, 0.15) is 47.2 Å². The van der Waals surface area contributed by atoms with E-state index in [9.17, 15) is 4.79 Å². The van der Waals surface area contributed by atoms with Crippen molar-refractivity contribution in [3.05, 3.63) is 64.2 Å². The van der Waals surface area contributed by atoms with Crippen LogP contribution in [0, 0.1) is 27.7 Å². The molecule has 0 heterocycles. The van der Waals surface area contributed by atoms with Gasteiger partial charge in [-0.25, -0.2) is 0 Å². The minimum absolute atomic E-state index is 0.0142. The minimum atomic E-state index is -0.0947. The number of aryl methyl sites for hydroxylation is 3.